The average molecular weight is 332 g/mol. The average Bonchev–Trinajstić information content (AvgIpc) is 2.84. The summed E-state index contributed by atoms with van der Waals surface area (Å²) in [4.78, 5) is 17.5. The molecule has 1 aliphatic rings. The fourth-order valence-corrected chi connectivity index (χ4v) is 3.35. The Balaban J connectivity index is 1.83. The first-order valence-corrected chi connectivity index (χ1v) is 8.06. The first-order chi connectivity index (χ1) is 11.4. The molecule has 0 bridgehead atoms. The molecule has 0 saturated carbocycles. The fraction of sp³-hybridized carbons (Fsp3) is 0.471. The summed E-state index contributed by atoms with van der Waals surface area (Å²) in [5.74, 6) is 0.949. The van der Waals surface area contributed by atoms with Crippen molar-refractivity contribution in [2.45, 2.75) is 39.3 Å². The van der Waals surface area contributed by atoms with Crippen molar-refractivity contribution >= 4 is 5.69 Å². The summed E-state index contributed by atoms with van der Waals surface area (Å²) in [6, 6.07) is 3.62. The van der Waals surface area contributed by atoms with E-state index < -0.39 is 10.7 Å². The van der Waals surface area contributed by atoms with Gasteiger partial charge in [-0.15, -0.1) is 0 Å². The zero-order valence-electron chi connectivity index (χ0n) is 14.1. The minimum atomic E-state index is -0.457. The van der Waals surface area contributed by atoms with Crippen molar-refractivity contribution in [3.05, 3.63) is 56.9 Å². The Bertz CT molecular complexity index is 785. The third-order valence-corrected chi connectivity index (χ3v) is 4.52. The molecular formula is C17H21FN4O2. The Labute approximate surface area is 140 Å². The molecule has 7 heteroatoms. The molecule has 128 valence electrons. The first-order valence-electron chi connectivity index (χ1n) is 8.06. The maximum atomic E-state index is 13.5. The van der Waals surface area contributed by atoms with Crippen LogP contribution < -0.4 is 0 Å². The van der Waals surface area contributed by atoms with Crippen molar-refractivity contribution < 1.29 is 9.31 Å². The molecule has 24 heavy (non-hydrogen) atoms. The van der Waals surface area contributed by atoms with E-state index in [1.807, 2.05) is 7.05 Å². The second kappa shape index (κ2) is 6.32. The molecule has 1 aromatic heterocycles. The van der Waals surface area contributed by atoms with Crippen LogP contribution in [0.3, 0.4) is 0 Å². The van der Waals surface area contributed by atoms with Crippen LogP contribution in [0, 0.1) is 15.9 Å². The normalized spacial score (nSPS) is 14.9. The van der Waals surface area contributed by atoms with Crippen molar-refractivity contribution in [2.24, 2.45) is 7.05 Å². The van der Waals surface area contributed by atoms with Gasteiger partial charge in [-0.05, 0) is 12.1 Å². The summed E-state index contributed by atoms with van der Waals surface area (Å²) < 4.78 is 15.6. The van der Waals surface area contributed by atoms with Gasteiger partial charge in [0.1, 0.15) is 11.6 Å². The van der Waals surface area contributed by atoms with Gasteiger partial charge in [-0.1, -0.05) is 13.8 Å². The molecule has 0 N–H and O–H groups in total. The molecule has 1 aromatic carbocycles. The Kier molecular flexibility index (Phi) is 4.36. The van der Waals surface area contributed by atoms with E-state index in [-0.39, 0.29) is 5.69 Å². The van der Waals surface area contributed by atoms with Crippen LogP contribution in [0.5, 0.6) is 0 Å². The number of rotatable bonds is 4. The van der Waals surface area contributed by atoms with Crippen LogP contribution in [0.4, 0.5) is 10.1 Å². The summed E-state index contributed by atoms with van der Waals surface area (Å²) in [7, 11) is 2.04. The fourth-order valence-electron chi connectivity index (χ4n) is 3.35. The summed E-state index contributed by atoms with van der Waals surface area (Å²) in [6.07, 6.45) is 0.842. The Morgan fingerprint density at radius 2 is 2.17 bits per heavy atom. The molecule has 0 spiro atoms. The Morgan fingerprint density at radius 3 is 2.83 bits per heavy atom. The lowest BCUT2D eigenvalue weighted by Gasteiger charge is -2.26. The maximum Gasteiger partial charge on any atom is 0.274 e. The number of nitro benzene ring substituents is 1. The smallest absolute Gasteiger partial charge is 0.274 e. The largest absolute Gasteiger partial charge is 0.335 e. The minimum absolute atomic E-state index is 0.0360. The summed E-state index contributed by atoms with van der Waals surface area (Å²) in [6.45, 7) is 5.98. The van der Waals surface area contributed by atoms with Crippen LogP contribution in [-0.4, -0.2) is 25.9 Å². The quantitative estimate of drug-likeness (QED) is 0.637. The van der Waals surface area contributed by atoms with E-state index >= 15 is 0 Å². The number of fused-ring (bicyclic) bond motifs is 1. The highest BCUT2D eigenvalue weighted by Crippen LogP contribution is 2.26. The number of hydrogen-bond donors (Lipinski definition) is 0. The van der Waals surface area contributed by atoms with Crippen molar-refractivity contribution in [1.82, 2.24) is 14.5 Å². The van der Waals surface area contributed by atoms with Crippen LogP contribution in [0.1, 0.15) is 42.5 Å². The predicted molar refractivity (Wildman–Crippen MR) is 88.2 cm³/mol. The number of nitrogens with zero attached hydrogens (tertiary/aromatic N) is 4. The zero-order valence-corrected chi connectivity index (χ0v) is 14.1. The van der Waals surface area contributed by atoms with Crippen LogP contribution in [0.15, 0.2) is 18.2 Å². The van der Waals surface area contributed by atoms with E-state index in [4.69, 9.17) is 4.98 Å². The lowest BCUT2D eigenvalue weighted by atomic mass is 10.1. The molecule has 0 saturated heterocycles. The van der Waals surface area contributed by atoms with E-state index in [2.05, 4.69) is 23.3 Å². The monoisotopic (exact) mass is 332 g/mol. The molecular weight excluding hydrogens is 311 g/mol. The lowest BCUT2D eigenvalue weighted by Crippen LogP contribution is -2.31. The van der Waals surface area contributed by atoms with E-state index in [1.54, 1.807) is 0 Å². The molecule has 0 radical (unpaired) electrons. The second-order valence-corrected chi connectivity index (χ2v) is 6.57. The van der Waals surface area contributed by atoms with Crippen molar-refractivity contribution in [3.63, 3.8) is 0 Å². The molecule has 2 heterocycles. The highest BCUT2D eigenvalue weighted by molar-refractivity contribution is 5.40. The van der Waals surface area contributed by atoms with Crippen LogP contribution in [0.2, 0.25) is 0 Å². The molecule has 0 atom stereocenters. The molecule has 3 rings (SSSR count). The lowest BCUT2D eigenvalue weighted by molar-refractivity contribution is -0.385. The predicted octanol–water partition coefficient (Wildman–Crippen LogP) is 3.15. The van der Waals surface area contributed by atoms with Gasteiger partial charge in [0.05, 0.1) is 10.6 Å². The van der Waals surface area contributed by atoms with Gasteiger partial charge < -0.3 is 4.57 Å². The molecule has 6 nitrogen and oxygen atoms in total. The van der Waals surface area contributed by atoms with Crippen molar-refractivity contribution in [3.8, 4) is 0 Å². The molecule has 1 aliphatic heterocycles. The van der Waals surface area contributed by atoms with E-state index in [0.717, 1.165) is 30.6 Å². The maximum absolute atomic E-state index is 13.5. The number of hydrogen-bond acceptors (Lipinski definition) is 4. The molecule has 0 unspecified atom stereocenters. The third-order valence-electron chi connectivity index (χ3n) is 4.52. The highest BCUT2D eigenvalue weighted by atomic mass is 19.1. The summed E-state index contributed by atoms with van der Waals surface area (Å²) in [5, 5.41) is 11.1. The van der Waals surface area contributed by atoms with E-state index in [0.29, 0.717) is 24.6 Å². The number of imidazole rings is 1. The zero-order chi connectivity index (χ0) is 17.4. The molecule has 0 aliphatic carbocycles. The standard InChI is InChI=1S/C17H21FN4O2/c1-11(2)17-19-14-10-21(7-6-16(14)20(17)3)9-12-8-13(18)4-5-15(12)22(23)24/h4-5,8,11H,6-7,9-10H2,1-3H3. The molecule has 0 amide bonds. The Morgan fingerprint density at radius 1 is 1.42 bits per heavy atom. The topological polar surface area (TPSA) is 64.2 Å². The van der Waals surface area contributed by atoms with Gasteiger partial charge in [0.15, 0.2) is 0 Å². The number of nitro groups is 1. The van der Waals surface area contributed by atoms with Crippen LogP contribution >= 0.6 is 0 Å². The van der Waals surface area contributed by atoms with Crippen LogP contribution in [-0.2, 0) is 26.6 Å². The van der Waals surface area contributed by atoms with Gasteiger partial charge in [-0.25, -0.2) is 9.37 Å². The summed E-state index contributed by atoms with van der Waals surface area (Å²) in [5.41, 5.74) is 2.62. The summed E-state index contributed by atoms with van der Waals surface area (Å²) >= 11 is 0. The SMILES string of the molecule is CC(C)c1nc2c(n1C)CCN(Cc1cc(F)ccc1[N+](=O)[O-])C2. The second-order valence-electron chi connectivity index (χ2n) is 6.57. The third kappa shape index (κ3) is 3.03. The molecule has 2 aromatic rings. The van der Waals surface area contributed by atoms with Crippen LogP contribution in [0.25, 0.3) is 0 Å². The number of halogens is 1. The molecule has 0 fully saturated rings. The van der Waals surface area contributed by atoms with Gasteiger partial charge >= 0.3 is 0 Å². The van der Waals surface area contributed by atoms with Gasteiger partial charge in [0.2, 0.25) is 0 Å². The van der Waals surface area contributed by atoms with Crippen molar-refractivity contribution in [1.29, 1.82) is 0 Å². The Hall–Kier alpha value is -2.28. The number of benzene rings is 1. The highest BCUT2D eigenvalue weighted by Gasteiger charge is 2.25. The minimum Gasteiger partial charge on any atom is -0.335 e. The van der Waals surface area contributed by atoms with Gasteiger partial charge in [-0.3, -0.25) is 15.0 Å². The van der Waals surface area contributed by atoms with E-state index in [9.17, 15) is 14.5 Å². The first kappa shape index (κ1) is 16.6. The number of aromatic nitrogens is 2. The van der Waals surface area contributed by atoms with E-state index in [1.165, 1.54) is 17.8 Å². The van der Waals surface area contributed by atoms with Gasteiger partial charge in [0.25, 0.3) is 5.69 Å². The van der Waals surface area contributed by atoms with Gasteiger partial charge in [-0.2, -0.15) is 0 Å². The van der Waals surface area contributed by atoms with Crippen molar-refractivity contribution in [2.75, 3.05) is 6.54 Å². The van der Waals surface area contributed by atoms with Gasteiger partial charge in [0, 0.05) is 56.3 Å².